The van der Waals surface area contributed by atoms with Crippen LogP contribution in [0.4, 0.5) is 131 Å². The number of pyridine rings is 4. The molecule has 143 heavy (non-hydrogen) atoms. The van der Waals surface area contributed by atoms with Crippen molar-refractivity contribution >= 4 is 128 Å². The Morgan fingerprint density at radius 2 is 0.608 bits per heavy atom. The van der Waals surface area contributed by atoms with E-state index in [9.17, 15) is 101 Å². The molecule has 8 aromatic rings. The molecule has 4 aliphatic heterocycles. The number of ketones is 1. The highest BCUT2D eigenvalue weighted by molar-refractivity contribution is 6.41. The van der Waals surface area contributed by atoms with Crippen LogP contribution in [0.1, 0.15) is 196 Å². The number of alkyl halides is 12. The SMILES string of the molecule is CC(=O)C(=O)Nc1cnc(NC(=O)OC(C)(C)C)c(C)c1.C[C@@H]1CC[C@@H](c2ccc(NCC(F)(F)F)cc2)NC1.Cc1cc(NC(=O)C(=O)N2C[C@@H](C)CC[C@@H]2c2ccc(NCC(F)(F)F)cc2)cnc1N.Cc1cc(NC(=O)C(=O)N2C[C@@H](C)CC[C@@H]2c2ccc(NCC(F)(F)F)cc2)cnc1NC(=O)OC(C)(C)C.Cc1cc(NC(=O)C(=O)N2C[C@H](C)CC[C@H]2c2ccc(NCC(F)(F)F)cc2)cnc1N. The van der Waals surface area contributed by atoms with E-state index in [1.165, 1.54) is 65.0 Å². The number of aromatic nitrogens is 4. The predicted octanol–water partition coefficient (Wildman–Crippen LogP) is 19.4. The van der Waals surface area contributed by atoms with E-state index in [1.807, 2.05) is 32.9 Å². The van der Waals surface area contributed by atoms with Gasteiger partial charge in [0.05, 0.1) is 65.7 Å². The van der Waals surface area contributed by atoms with Crippen LogP contribution in [-0.2, 0) is 47.8 Å². The van der Waals surface area contributed by atoms with E-state index in [0.717, 1.165) is 54.5 Å². The molecule has 4 fully saturated rings. The van der Waals surface area contributed by atoms with Crippen molar-refractivity contribution in [3.8, 4) is 0 Å². The van der Waals surface area contributed by atoms with Gasteiger partial charge in [-0.2, -0.15) is 52.7 Å². The van der Waals surface area contributed by atoms with E-state index in [2.05, 4.69) is 85.3 Å². The first-order valence-corrected chi connectivity index (χ1v) is 46.1. The molecule has 12 rings (SSSR count). The summed E-state index contributed by atoms with van der Waals surface area (Å²) in [4.78, 5) is 144. The number of Topliss-reactive ketones (excluding diaryl/α,β-unsaturated/α-hetero) is 1. The number of carbonyl (C=O) groups is 10. The van der Waals surface area contributed by atoms with Gasteiger partial charge in [-0.3, -0.25) is 49.0 Å². The van der Waals surface area contributed by atoms with Crippen LogP contribution in [-0.4, -0.2) is 182 Å². The number of likely N-dealkylation sites (tertiary alicyclic amines) is 3. The highest BCUT2D eigenvalue weighted by atomic mass is 19.4. The van der Waals surface area contributed by atoms with Crippen LogP contribution in [0.25, 0.3) is 0 Å². The summed E-state index contributed by atoms with van der Waals surface area (Å²) in [5.41, 5.74) is 18.9. The first-order chi connectivity index (χ1) is 66.7. The summed E-state index contributed by atoms with van der Waals surface area (Å²) in [6.45, 7) is 24.5. The molecule has 15 N–H and O–H groups in total. The minimum atomic E-state index is -4.34. The number of nitrogens with zero attached hydrogens (tertiary/aromatic N) is 7. The summed E-state index contributed by atoms with van der Waals surface area (Å²) < 4.78 is 158. The lowest BCUT2D eigenvalue weighted by molar-refractivity contribution is -0.146. The normalized spacial score (nSPS) is 18.1. The molecular weight excluding hydrogens is 1890 g/mol. The molecule has 0 radical (unpaired) electrons. The van der Waals surface area contributed by atoms with Crippen LogP contribution >= 0.6 is 0 Å². The van der Waals surface area contributed by atoms with Crippen LogP contribution in [0.5, 0.6) is 0 Å². The minimum absolute atomic E-state index is 0.174. The van der Waals surface area contributed by atoms with Gasteiger partial charge < -0.3 is 83.5 Å². The topological polar surface area (TPSA) is 435 Å². The van der Waals surface area contributed by atoms with E-state index >= 15 is 0 Å². The lowest BCUT2D eigenvalue weighted by atomic mass is 9.89. The molecule has 4 aliphatic rings. The molecule has 0 unspecified atom stereocenters. The van der Waals surface area contributed by atoms with Gasteiger partial charge in [0.1, 0.15) is 60.7 Å². The Balaban J connectivity index is 0.000000223. The fourth-order valence-electron chi connectivity index (χ4n) is 15.4. The number of nitrogens with one attached hydrogen (secondary N) is 11. The summed E-state index contributed by atoms with van der Waals surface area (Å²) in [5.74, 6) is -3.21. The predicted molar refractivity (Wildman–Crippen MR) is 521 cm³/mol. The van der Waals surface area contributed by atoms with Gasteiger partial charge in [-0.15, -0.1) is 0 Å². The number of hydrogen-bond donors (Lipinski definition) is 13. The lowest BCUT2D eigenvalue weighted by Gasteiger charge is -2.38. The Kier molecular flexibility index (Phi) is 40.3. The van der Waals surface area contributed by atoms with Crippen LogP contribution in [0.3, 0.4) is 0 Å². The summed E-state index contributed by atoms with van der Waals surface area (Å²) in [5, 5.41) is 28.0. The summed E-state index contributed by atoms with van der Waals surface area (Å²) in [6.07, 6.45) is -6.23. The number of rotatable bonds is 19. The molecule has 776 valence electrons. The second-order valence-corrected chi connectivity index (χ2v) is 37.7. The summed E-state index contributed by atoms with van der Waals surface area (Å²) in [6, 6.07) is 32.2. The fourth-order valence-corrected chi connectivity index (χ4v) is 15.4. The van der Waals surface area contributed by atoms with Gasteiger partial charge in [0.25, 0.3) is 5.91 Å². The molecule has 8 heterocycles. The number of piperidine rings is 4. The van der Waals surface area contributed by atoms with Crippen LogP contribution in [0, 0.1) is 51.4 Å². The average molecular weight is 2010 g/mol. The van der Waals surface area contributed by atoms with Gasteiger partial charge in [0.2, 0.25) is 5.78 Å². The van der Waals surface area contributed by atoms with E-state index in [4.69, 9.17) is 20.9 Å². The molecule has 0 aliphatic carbocycles. The quantitative estimate of drug-likeness (QED) is 0.0264. The Hall–Kier alpha value is -14.1. The van der Waals surface area contributed by atoms with Crippen LogP contribution in [0.15, 0.2) is 146 Å². The highest BCUT2D eigenvalue weighted by Crippen LogP contribution is 2.40. The van der Waals surface area contributed by atoms with Gasteiger partial charge in [0.15, 0.2) is 0 Å². The first kappa shape index (κ1) is 114. The highest BCUT2D eigenvalue weighted by Gasteiger charge is 2.40. The van der Waals surface area contributed by atoms with Gasteiger partial charge in [-0.1, -0.05) is 76.2 Å². The number of aryl methyl sites for hydroxylation is 4. The van der Waals surface area contributed by atoms with Crippen molar-refractivity contribution in [3.63, 3.8) is 0 Å². The first-order valence-electron chi connectivity index (χ1n) is 46.1. The standard InChI is InChI=1S/C27H34F3N5O4.2C22H26F3N5O2.C14H19F3N2.C14H19N3O4/c1-16-6-11-21(18-7-9-19(10-8-18)32-15-27(28,29)30)35(14-16)24(37)23(36)33-20-12-17(2)22(31-13-20)34-25(38)39-26(3,4)5;2*1-13-3-8-18(15-4-6-16(7-5-15)28-12-22(23,24)25)30(11-13)21(32)20(31)29-17-9-14(2)19(26)27-10-17;1-10-2-7-13(18-8-10)11-3-5-12(6-4-11)19-9-14(15,16)17;1-8-6-10(16-12(19)9(2)18)7-15-11(8)17-13(20)21-14(3,4)5/h7-10,12-13,16,21,32H,6,11,14-15H2,1-5H3,(H,33,36)(H,31,34,38);2*4-7,9-10,13,18,28H,3,8,11-12H2,1-2H3,(H2,26,27)(H,29,31);3-6,10,13,18-19H,2,7-9H2,1H3;6-7H,1-5H3,(H,16,19)(H,15,17,20)/t16-,21+;2*13-,18+;10-,13+;/m0101./s1. The molecule has 4 saturated heterocycles. The maximum absolute atomic E-state index is 13.2. The molecule has 0 spiro atoms. The molecule has 4 aromatic heterocycles. The maximum atomic E-state index is 13.2. The van der Waals surface area contributed by atoms with Crippen molar-refractivity contribution in [2.24, 2.45) is 23.7 Å². The van der Waals surface area contributed by atoms with Crippen molar-refractivity contribution in [3.05, 3.63) is 191 Å². The lowest BCUT2D eigenvalue weighted by Crippen LogP contribution is -2.46. The van der Waals surface area contributed by atoms with Crippen molar-refractivity contribution in [2.75, 3.05) is 117 Å². The third-order valence-electron chi connectivity index (χ3n) is 22.6. The number of nitrogens with two attached hydrogens (primary N) is 2. The number of benzene rings is 4. The van der Waals surface area contributed by atoms with Crippen molar-refractivity contribution in [1.82, 2.24) is 40.0 Å². The molecule has 9 amide bonds. The summed E-state index contributed by atoms with van der Waals surface area (Å²) in [7, 11) is 0. The molecule has 0 saturated carbocycles. The van der Waals surface area contributed by atoms with Crippen molar-refractivity contribution in [1.29, 1.82) is 0 Å². The number of anilines is 12. The smallest absolute Gasteiger partial charge is 0.413 e. The van der Waals surface area contributed by atoms with Gasteiger partial charge in [-0.05, 0) is 268 Å². The Labute approximate surface area is 821 Å². The number of carbonyl (C=O) groups excluding carboxylic acids is 10. The molecule has 44 heteroatoms. The van der Waals surface area contributed by atoms with E-state index in [0.29, 0.717) is 130 Å². The Morgan fingerprint density at radius 3 is 0.853 bits per heavy atom. The zero-order valence-corrected chi connectivity index (χ0v) is 82.0. The molecule has 32 nitrogen and oxygen atoms in total. The second kappa shape index (κ2) is 50.5. The average Bonchev–Trinajstić information content (AvgIpc) is 0.807. The van der Waals surface area contributed by atoms with Crippen LogP contribution < -0.4 is 70.0 Å². The van der Waals surface area contributed by atoms with Gasteiger partial charge in [-0.25, -0.2) is 29.5 Å². The van der Waals surface area contributed by atoms with Gasteiger partial charge in [0, 0.05) is 55.3 Å². The van der Waals surface area contributed by atoms with E-state index < -0.39 is 127 Å². The monoisotopic (exact) mass is 2010 g/mol. The number of halogens is 12. The van der Waals surface area contributed by atoms with Crippen LogP contribution in [0.2, 0.25) is 0 Å². The van der Waals surface area contributed by atoms with Gasteiger partial charge >= 0.3 is 72.3 Å². The molecule has 0 bridgehead atoms. The number of amides is 9. The number of ether oxygens (including phenoxy) is 2. The Bertz CT molecular complexity index is 5520. The second-order valence-electron chi connectivity index (χ2n) is 37.7. The fraction of sp³-hybridized carbons (Fsp3) is 0.455. The molecule has 8 atom stereocenters. The van der Waals surface area contributed by atoms with E-state index in [1.54, 1.807) is 166 Å². The number of hydrogen-bond acceptors (Lipinski definition) is 23. The Morgan fingerprint density at radius 1 is 0.350 bits per heavy atom. The van der Waals surface area contributed by atoms with Crippen molar-refractivity contribution < 1.29 is 110 Å². The largest absolute Gasteiger partial charge is 0.444 e. The number of nitrogen functional groups attached to an aromatic ring is 2. The van der Waals surface area contributed by atoms with Crippen molar-refractivity contribution in [2.45, 2.75) is 215 Å². The zero-order chi connectivity index (χ0) is 106. The molecule has 4 aromatic carbocycles. The third-order valence-corrected chi connectivity index (χ3v) is 22.6. The third kappa shape index (κ3) is 38.7. The maximum Gasteiger partial charge on any atom is 0.413 e. The molecular formula is C99H124F12N20O12. The van der Waals surface area contributed by atoms with E-state index in [-0.39, 0.29) is 41.3 Å². The summed E-state index contributed by atoms with van der Waals surface area (Å²) >= 11 is 0. The minimum Gasteiger partial charge on any atom is -0.444 e. The zero-order valence-electron chi connectivity index (χ0n) is 82.0.